The lowest BCUT2D eigenvalue weighted by Gasteiger charge is -2.15. The Morgan fingerprint density at radius 1 is 0.941 bits per heavy atom. The number of amides is 2. The molecule has 2 amide bonds. The maximum absolute atomic E-state index is 13.0. The van der Waals surface area contributed by atoms with Crippen molar-refractivity contribution in [3.05, 3.63) is 108 Å². The van der Waals surface area contributed by atoms with Crippen molar-refractivity contribution in [1.82, 2.24) is 15.1 Å². The van der Waals surface area contributed by atoms with Crippen LogP contribution in [0.15, 0.2) is 85.1 Å². The lowest BCUT2D eigenvalue weighted by molar-refractivity contribution is 0.0930. The highest BCUT2D eigenvalue weighted by Crippen LogP contribution is 2.22. The quantitative estimate of drug-likeness (QED) is 0.418. The van der Waals surface area contributed by atoms with Gasteiger partial charge in [-0.3, -0.25) is 9.59 Å². The number of carbonyl (C=O) groups excluding carboxylic acids is 2. The predicted molar refractivity (Wildman–Crippen MR) is 127 cm³/mol. The molecule has 0 saturated heterocycles. The minimum absolute atomic E-state index is 0.182. The second-order valence-electron chi connectivity index (χ2n) is 7.60. The Kier molecular flexibility index (Phi) is 6.68. The van der Waals surface area contributed by atoms with Crippen LogP contribution >= 0.6 is 0 Å². The predicted octanol–water partition coefficient (Wildman–Crippen LogP) is 4.76. The first-order valence-electron chi connectivity index (χ1n) is 10.6. The monoisotopic (exact) mass is 458 g/mol. The van der Waals surface area contributed by atoms with E-state index in [1.54, 1.807) is 23.0 Å². The second-order valence-corrected chi connectivity index (χ2v) is 7.60. The second kappa shape index (κ2) is 9.99. The third kappa shape index (κ3) is 5.12. The van der Waals surface area contributed by atoms with E-state index < -0.39 is 5.82 Å². The van der Waals surface area contributed by atoms with Crippen molar-refractivity contribution < 1.29 is 18.7 Å². The molecule has 4 rings (SSSR count). The molecule has 0 fully saturated rings. The first kappa shape index (κ1) is 22.7. The summed E-state index contributed by atoms with van der Waals surface area (Å²) < 4.78 is 20.0. The van der Waals surface area contributed by atoms with E-state index in [4.69, 9.17) is 4.74 Å². The van der Waals surface area contributed by atoms with Crippen LogP contribution in [0.1, 0.15) is 39.4 Å². The van der Waals surface area contributed by atoms with Gasteiger partial charge in [-0.1, -0.05) is 30.3 Å². The zero-order valence-corrected chi connectivity index (χ0v) is 18.7. The molecule has 0 spiro atoms. The molecule has 0 bridgehead atoms. The molecule has 1 atom stereocenters. The van der Waals surface area contributed by atoms with E-state index >= 15 is 0 Å². The van der Waals surface area contributed by atoms with E-state index in [1.807, 2.05) is 49.4 Å². The minimum Gasteiger partial charge on any atom is -0.493 e. The number of ether oxygens (including phenoxy) is 1. The standard InChI is InChI=1S/C26H23FN4O3/c1-17(18-10-14-21(15-11-18)29-25(32)19-8-12-20(27)13-9-19)28-26(33)24-23(34-2)16-31(30-24)22-6-4-3-5-7-22/h3-17H,1-2H3,(H,28,33)(H,29,32). The Hall–Kier alpha value is -4.46. The Morgan fingerprint density at radius 2 is 1.62 bits per heavy atom. The highest BCUT2D eigenvalue weighted by molar-refractivity contribution is 6.04. The SMILES string of the molecule is COc1cn(-c2ccccc2)nc1C(=O)NC(C)c1ccc(NC(=O)c2ccc(F)cc2)cc1. The average molecular weight is 458 g/mol. The summed E-state index contributed by atoms with van der Waals surface area (Å²) in [6.45, 7) is 1.85. The lowest BCUT2D eigenvalue weighted by atomic mass is 10.1. The number of aromatic nitrogens is 2. The molecule has 4 aromatic rings. The Balaban J connectivity index is 1.42. The average Bonchev–Trinajstić information content (AvgIpc) is 3.30. The van der Waals surface area contributed by atoms with Crippen molar-refractivity contribution in [2.24, 2.45) is 0 Å². The van der Waals surface area contributed by atoms with Crippen LogP contribution in [0.5, 0.6) is 5.75 Å². The third-order valence-electron chi connectivity index (χ3n) is 5.26. The summed E-state index contributed by atoms with van der Waals surface area (Å²) in [5.41, 5.74) is 2.78. The van der Waals surface area contributed by atoms with Crippen LogP contribution in [0.4, 0.5) is 10.1 Å². The topological polar surface area (TPSA) is 85.2 Å². The molecule has 0 saturated carbocycles. The van der Waals surface area contributed by atoms with E-state index in [0.29, 0.717) is 17.0 Å². The fourth-order valence-electron chi connectivity index (χ4n) is 3.39. The van der Waals surface area contributed by atoms with E-state index in [0.717, 1.165) is 11.3 Å². The fraction of sp³-hybridized carbons (Fsp3) is 0.115. The summed E-state index contributed by atoms with van der Waals surface area (Å²) in [6.07, 6.45) is 1.66. The maximum atomic E-state index is 13.0. The van der Waals surface area contributed by atoms with Crippen molar-refractivity contribution in [2.75, 3.05) is 12.4 Å². The van der Waals surface area contributed by atoms with Gasteiger partial charge in [0.15, 0.2) is 11.4 Å². The van der Waals surface area contributed by atoms with Gasteiger partial charge in [-0.05, 0) is 61.0 Å². The van der Waals surface area contributed by atoms with Crippen molar-refractivity contribution in [2.45, 2.75) is 13.0 Å². The van der Waals surface area contributed by atoms with E-state index in [1.165, 1.54) is 31.4 Å². The molecular weight excluding hydrogens is 435 g/mol. The zero-order chi connectivity index (χ0) is 24.1. The zero-order valence-electron chi connectivity index (χ0n) is 18.7. The van der Waals surface area contributed by atoms with Crippen LogP contribution in [0.2, 0.25) is 0 Å². The number of hydrogen-bond acceptors (Lipinski definition) is 4. The highest BCUT2D eigenvalue weighted by Gasteiger charge is 2.20. The van der Waals surface area contributed by atoms with E-state index in [-0.39, 0.29) is 23.6 Å². The Bertz CT molecular complexity index is 1290. The molecule has 0 aliphatic carbocycles. The molecule has 1 heterocycles. The highest BCUT2D eigenvalue weighted by atomic mass is 19.1. The number of methoxy groups -OCH3 is 1. The Labute approximate surface area is 196 Å². The van der Waals surface area contributed by atoms with Gasteiger partial charge in [0.1, 0.15) is 5.82 Å². The van der Waals surface area contributed by atoms with Crippen LogP contribution < -0.4 is 15.4 Å². The van der Waals surface area contributed by atoms with Crippen molar-refractivity contribution in [1.29, 1.82) is 0 Å². The summed E-state index contributed by atoms with van der Waals surface area (Å²) in [5, 5.41) is 10.1. The van der Waals surface area contributed by atoms with Crippen LogP contribution in [-0.2, 0) is 0 Å². The molecule has 172 valence electrons. The molecule has 3 aromatic carbocycles. The molecule has 1 unspecified atom stereocenters. The van der Waals surface area contributed by atoms with Gasteiger partial charge in [0, 0.05) is 11.3 Å². The number of rotatable bonds is 7. The molecule has 0 aliphatic rings. The van der Waals surface area contributed by atoms with Crippen LogP contribution in [-0.4, -0.2) is 28.7 Å². The van der Waals surface area contributed by atoms with Gasteiger partial charge in [-0.25, -0.2) is 9.07 Å². The van der Waals surface area contributed by atoms with E-state index in [9.17, 15) is 14.0 Å². The van der Waals surface area contributed by atoms with Crippen molar-refractivity contribution >= 4 is 17.5 Å². The number of carbonyl (C=O) groups is 2. The molecule has 7 nitrogen and oxygen atoms in total. The van der Waals surface area contributed by atoms with Gasteiger partial charge in [-0.15, -0.1) is 0 Å². The number of halogens is 1. The van der Waals surface area contributed by atoms with Gasteiger partial charge in [-0.2, -0.15) is 5.10 Å². The molecule has 34 heavy (non-hydrogen) atoms. The summed E-state index contributed by atoms with van der Waals surface area (Å²) in [5.74, 6) is -0.739. The molecule has 1 aromatic heterocycles. The number of nitrogens with zero attached hydrogens (tertiary/aromatic N) is 2. The summed E-state index contributed by atoms with van der Waals surface area (Å²) in [4.78, 5) is 25.2. The van der Waals surface area contributed by atoms with Crippen molar-refractivity contribution in [3.63, 3.8) is 0 Å². The maximum Gasteiger partial charge on any atom is 0.276 e. The van der Waals surface area contributed by atoms with Crippen molar-refractivity contribution in [3.8, 4) is 11.4 Å². The van der Waals surface area contributed by atoms with Gasteiger partial charge >= 0.3 is 0 Å². The molecule has 8 heteroatoms. The van der Waals surface area contributed by atoms with Gasteiger partial charge in [0.25, 0.3) is 11.8 Å². The summed E-state index contributed by atoms with van der Waals surface area (Å²) in [7, 11) is 1.49. The minimum atomic E-state index is -0.401. The smallest absolute Gasteiger partial charge is 0.276 e. The van der Waals surface area contributed by atoms with Gasteiger partial charge in [0.2, 0.25) is 0 Å². The number of anilines is 1. The summed E-state index contributed by atoms with van der Waals surface area (Å²) in [6, 6.07) is 21.5. The lowest BCUT2D eigenvalue weighted by Crippen LogP contribution is -2.27. The van der Waals surface area contributed by atoms with Crippen LogP contribution in [0.25, 0.3) is 5.69 Å². The van der Waals surface area contributed by atoms with Gasteiger partial charge < -0.3 is 15.4 Å². The molecule has 0 radical (unpaired) electrons. The number of para-hydroxylation sites is 1. The first-order chi connectivity index (χ1) is 16.4. The van der Waals surface area contributed by atoms with Gasteiger partial charge in [0.05, 0.1) is 25.0 Å². The van der Waals surface area contributed by atoms with Crippen LogP contribution in [0.3, 0.4) is 0 Å². The Morgan fingerprint density at radius 3 is 2.26 bits per heavy atom. The number of hydrogen-bond donors (Lipinski definition) is 2. The first-order valence-corrected chi connectivity index (χ1v) is 10.6. The number of benzene rings is 3. The third-order valence-corrected chi connectivity index (χ3v) is 5.26. The fourth-order valence-corrected chi connectivity index (χ4v) is 3.39. The molecule has 2 N–H and O–H groups in total. The van der Waals surface area contributed by atoms with Crippen LogP contribution in [0, 0.1) is 5.82 Å². The largest absolute Gasteiger partial charge is 0.493 e. The molecular formula is C26H23FN4O3. The van der Waals surface area contributed by atoms with E-state index in [2.05, 4.69) is 15.7 Å². The summed E-state index contributed by atoms with van der Waals surface area (Å²) >= 11 is 0. The normalized spacial score (nSPS) is 11.5. The molecule has 0 aliphatic heterocycles. The number of nitrogens with one attached hydrogen (secondary N) is 2.